The number of ether oxygens (including phenoxy) is 1. The Bertz CT molecular complexity index is 713. The summed E-state index contributed by atoms with van der Waals surface area (Å²) in [6.07, 6.45) is 6.14. The molecular weight excluding hydrogens is 284 g/mol. The Morgan fingerprint density at radius 3 is 2.70 bits per heavy atom. The van der Waals surface area contributed by atoms with E-state index in [9.17, 15) is 4.79 Å². The lowest BCUT2D eigenvalue weighted by Crippen LogP contribution is -2.07. The van der Waals surface area contributed by atoms with Crippen LogP contribution in [0.25, 0.3) is 10.8 Å². The molecule has 2 aromatic carbocycles. The van der Waals surface area contributed by atoms with Gasteiger partial charge in [0.15, 0.2) is 0 Å². The second-order valence-electron chi connectivity index (χ2n) is 5.98. The fourth-order valence-electron chi connectivity index (χ4n) is 2.35. The standard InChI is InChI=1S/C21H24O2/c1-4-16(2)8-7-9-17(3)15-23-21(22)20-13-12-18-10-5-6-11-19(18)14-20/h4-6,9-14,16H,1,7-8,15H2,2-3H3. The molecule has 0 amide bonds. The van der Waals surface area contributed by atoms with Crippen molar-refractivity contribution in [1.82, 2.24) is 0 Å². The van der Waals surface area contributed by atoms with Gasteiger partial charge in [0.1, 0.15) is 6.61 Å². The lowest BCUT2D eigenvalue weighted by atomic mass is 10.1. The Hall–Kier alpha value is -2.35. The highest BCUT2D eigenvalue weighted by Crippen LogP contribution is 2.16. The smallest absolute Gasteiger partial charge is 0.338 e. The zero-order chi connectivity index (χ0) is 16.7. The van der Waals surface area contributed by atoms with Crippen molar-refractivity contribution in [3.05, 3.63) is 72.3 Å². The maximum atomic E-state index is 12.2. The Kier molecular flexibility index (Phi) is 6.16. The van der Waals surface area contributed by atoms with Gasteiger partial charge in [0.2, 0.25) is 0 Å². The third-order valence-corrected chi connectivity index (χ3v) is 3.93. The van der Waals surface area contributed by atoms with Gasteiger partial charge in [0, 0.05) is 0 Å². The van der Waals surface area contributed by atoms with E-state index in [-0.39, 0.29) is 5.97 Å². The molecule has 2 rings (SSSR count). The first-order valence-corrected chi connectivity index (χ1v) is 8.04. The maximum Gasteiger partial charge on any atom is 0.338 e. The molecule has 0 radical (unpaired) electrons. The number of carbonyl (C=O) groups excluding carboxylic acids is 1. The van der Waals surface area contributed by atoms with Crippen molar-refractivity contribution in [2.75, 3.05) is 6.61 Å². The van der Waals surface area contributed by atoms with Crippen LogP contribution in [-0.4, -0.2) is 12.6 Å². The van der Waals surface area contributed by atoms with Gasteiger partial charge in [-0.25, -0.2) is 4.79 Å². The zero-order valence-electron chi connectivity index (χ0n) is 13.9. The van der Waals surface area contributed by atoms with Crippen LogP contribution in [0, 0.1) is 5.92 Å². The van der Waals surface area contributed by atoms with Gasteiger partial charge in [-0.1, -0.05) is 49.4 Å². The van der Waals surface area contributed by atoms with Gasteiger partial charge in [0.25, 0.3) is 0 Å². The fourth-order valence-corrected chi connectivity index (χ4v) is 2.35. The summed E-state index contributed by atoms with van der Waals surface area (Å²) in [4.78, 5) is 12.2. The second-order valence-corrected chi connectivity index (χ2v) is 5.98. The lowest BCUT2D eigenvalue weighted by molar-refractivity contribution is 0.0540. The number of carbonyl (C=O) groups is 1. The molecule has 2 nitrogen and oxygen atoms in total. The number of fused-ring (bicyclic) bond motifs is 1. The van der Waals surface area contributed by atoms with Crippen LogP contribution >= 0.6 is 0 Å². The molecule has 0 N–H and O–H groups in total. The molecule has 0 saturated carbocycles. The molecule has 2 aromatic rings. The van der Waals surface area contributed by atoms with Gasteiger partial charge in [0.05, 0.1) is 5.56 Å². The van der Waals surface area contributed by atoms with Crippen molar-refractivity contribution in [3.63, 3.8) is 0 Å². The number of allylic oxidation sites excluding steroid dienone is 2. The molecule has 23 heavy (non-hydrogen) atoms. The van der Waals surface area contributed by atoms with E-state index in [1.807, 2.05) is 55.5 Å². The van der Waals surface area contributed by atoms with Crippen molar-refractivity contribution in [2.24, 2.45) is 5.92 Å². The minimum Gasteiger partial charge on any atom is -0.458 e. The van der Waals surface area contributed by atoms with Crippen LogP contribution in [0.4, 0.5) is 0 Å². The summed E-state index contributed by atoms with van der Waals surface area (Å²) in [5, 5.41) is 2.17. The average molecular weight is 308 g/mol. The molecule has 0 aliphatic carbocycles. The molecule has 120 valence electrons. The Morgan fingerprint density at radius 2 is 1.96 bits per heavy atom. The topological polar surface area (TPSA) is 26.3 Å². The predicted molar refractivity (Wildman–Crippen MR) is 96.6 cm³/mol. The van der Waals surface area contributed by atoms with Crippen molar-refractivity contribution < 1.29 is 9.53 Å². The SMILES string of the molecule is C=CC(C)CCC=C(C)COC(=O)c1ccc2ccccc2c1. The fraction of sp³-hybridized carbons (Fsp3) is 0.286. The van der Waals surface area contributed by atoms with Gasteiger partial charge in [-0.05, 0) is 54.2 Å². The monoisotopic (exact) mass is 308 g/mol. The van der Waals surface area contributed by atoms with Gasteiger partial charge >= 0.3 is 5.97 Å². The maximum absolute atomic E-state index is 12.2. The summed E-state index contributed by atoms with van der Waals surface area (Å²) >= 11 is 0. The largest absolute Gasteiger partial charge is 0.458 e. The summed E-state index contributed by atoms with van der Waals surface area (Å²) in [7, 11) is 0. The highest BCUT2D eigenvalue weighted by molar-refractivity contribution is 5.95. The molecule has 1 atom stereocenters. The van der Waals surface area contributed by atoms with Crippen LogP contribution in [0.2, 0.25) is 0 Å². The Labute approximate surface area is 138 Å². The minimum atomic E-state index is -0.275. The quantitative estimate of drug-likeness (QED) is 0.495. The van der Waals surface area contributed by atoms with Crippen molar-refractivity contribution >= 4 is 16.7 Å². The van der Waals surface area contributed by atoms with E-state index in [0.29, 0.717) is 18.1 Å². The number of rotatable bonds is 7. The molecule has 1 unspecified atom stereocenters. The van der Waals surface area contributed by atoms with E-state index < -0.39 is 0 Å². The normalized spacial score (nSPS) is 12.9. The van der Waals surface area contributed by atoms with Gasteiger partial charge in [-0.2, -0.15) is 0 Å². The lowest BCUT2D eigenvalue weighted by Gasteiger charge is -2.07. The van der Waals surface area contributed by atoms with E-state index in [1.54, 1.807) is 0 Å². The molecule has 0 fully saturated rings. The molecule has 0 aromatic heterocycles. The molecule has 2 heteroatoms. The summed E-state index contributed by atoms with van der Waals surface area (Å²) in [6, 6.07) is 13.6. The van der Waals surface area contributed by atoms with E-state index in [0.717, 1.165) is 29.2 Å². The van der Waals surface area contributed by atoms with E-state index in [4.69, 9.17) is 4.74 Å². The van der Waals surface area contributed by atoms with Crippen molar-refractivity contribution in [1.29, 1.82) is 0 Å². The highest BCUT2D eigenvalue weighted by atomic mass is 16.5. The first kappa shape index (κ1) is 17.0. The number of hydrogen-bond donors (Lipinski definition) is 0. The van der Waals surface area contributed by atoms with Crippen LogP contribution in [0.5, 0.6) is 0 Å². The van der Waals surface area contributed by atoms with Gasteiger partial charge < -0.3 is 4.74 Å². The molecular formula is C21H24O2. The molecule has 0 heterocycles. The molecule has 0 aliphatic heterocycles. The Balaban J connectivity index is 1.90. The van der Waals surface area contributed by atoms with Gasteiger partial charge in [-0.3, -0.25) is 0 Å². The van der Waals surface area contributed by atoms with Gasteiger partial charge in [-0.15, -0.1) is 6.58 Å². The number of hydrogen-bond acceptors (Lipinski definition) is 2. The van der Waals surface area contributed by atoms with E-state index in [1.165, 1.54) is 0 Å². The number of benzene rings is 2. The predicted octanol–water partition coefficient (Wildman–Crippen LogP) is 5.55. The van der Waals surface area contributed by atoms with E-state index in [2.05, 4.69) is 19.6 Å². The van der Waals surface area contributed by atoms with Crippen molar-refractivity contribution in [2.45, 2.75) is 26.7 Å². The molecule has 0 aliphatic rings. The van der Waals surface area contributed by atoms with Crippen LogP contribution < -0.4 is 0 Å². The number of esters is 1. The minimum absolute atomic E-state index is 0.275. The molecule has 0 bridgehead atoms. The van der Waals surface area contributed by atoms with E-state index >= 15 is 0 Å². The second kappa shape index (κ2) is 8.33. The van der Waals surface area contributed by atoms with Crippen LogP contribution in [0.1, 0.15) is 37.0 Å². The summed E-state index contributed by atoms with van der Waals surface area (Å²) in [6.45, 7) is 8.27. The van der Waals surface area contributed by atoms with Crippen molar-refractivity contribution in [3.8, 4) is 0 Å². The highest BCUT2D eigenvalue weighted by Gasteiger charge is 2.08. The van der Waals surface area contributed by atoms with Crippen LogP contribution in [-0.2, 0) is 4.74 Å². The first-order chi connectivity index (χ1) is 11.1. The summed E-state index contributed by atoms with van der Waals surface area (Å²) in [5.41, 5.74) is 1.67. The third kappa shape index (κ3) is 5.10. The zero-order valence-corrected chi connectivity index (χ0v) is 13.9. The van der Waals surface area contributed by atoms with Crippen LogP contribution in [0.15, 0.2) is 66.8 Å². The first-order valence-electron chi connectivity index (χ1n) is 8.04. The van der Waals surface area contributed by atoms with Crippen LogP contribution in [0.3, 0.4) is 0 Å². The molecule has 0 saturated heterocycles. The summed E-state index contributed by atoms with van der Waals surface area (Å²) < 4.78 is 5.40. The average Bonchev–Trinajstić information content (AvgIpc) is 2.59. The Morgan fingerprint density at radius 1 is 1.22 bits per heavy atom. The summed E-state index contributed by atoms with van der Waals surface area (Å²) in [5.74, 6) is 0.238. The molecule has 0 spiro atoms. The third-order valence-electron chi connectivity index (χ3n) is 3.93.